The van der Waals surface area contributed by atoms with Crippen molar-refractivity contribution in [2.75, 3.05) is 0 Å². The van der Waals surface area contributed by atoms with Crippen LogP contribution in [0.4, 0.5) is 0 Å². The monoisotopic (exact) mass is 240 g/mol. The zero-order valence-electron chi connectivity index (χ0n) is 11.0. The van der Waals surface area contributed by atoms with Gasteiger partial charge in [-0.2, -0.15) is 0 Å². The fourth-order valence-electron chi connectivity index (χ4n) is 2.42. The lowest BCUT2D eigenvalue weighted by molar-refractivity contribution is 0.0223. The molecule has 0 aromatic heterocycles. The predicted octanol–water partition coefficient (Wildman–Crippen LogP) is 3.97. The van der Waals surface area contributed by atoms with Crippen molar-refractivity contribution in [2.24, 2.45) is 5.92 Å². The minimum atomic E-state index is -0.905. The normalized spacial score (nSPS) is 13.3. The first-order chi connectivity index (χ1) is 8.69. The molecule has 0 aliphatic heterocycles. The molecule has 0 bridgehead atoms. The Morgan fingerprint density at radius 2 is 1.28 bits per heavy atom. The maximum absolute atomic E-state index is 11.2. The molecule has 2 aromatic rings. The molecule has 1 nitrogen and oxygen atoms in total. The molecule has 0 saturated heterocycles. The van der Waals surface area contributed by atoms with Gasteiger partial charge in [-0.15, -0.1) is 0 Å². The van der Waals surface area contributed by atoms with Gasteiger partial charge in [0.1, 0.15) is 5.60 Å². The summed E-state index contributed by atoms with van der Waals surface area (Å²) in [4.78, 5) is 0. The second kappa shape index (κ2) is 5.36. The second-order valence-electron chi connectivity index (χ2n) is 4.81. The van der Waals surface area contributed by atoms with E-state index in [2.05, 4.69) is 13.8 Å². The summed E-state index contributed by atoms with van der Waals surface area (Å²) < 4.78 is 0. The summed E-state index contributed by atoms with van der Waals surface area (Å²) in [6.07, 6.45) is 0.931. The van der Waals surface area contributed by atoms with Gasteiger partial charge in [0.05, 0.1) is 0 Å². The van der Waals surface area contributed by atoms with Crippen LogP contribution in [0.5, 0.6) is 0 Å². The smallest absolute Gasteiger partial charge is 0.117 e. The summed E-state index contributed by atoms with van der Waals surface area (Å²) >= 11 is 0. The van der Waals surface area contributed by atoms with Gasteiger partial charge in [-0.1, -0.05) is 80.9 Å². The van der Waals surface area contributed by atoms with E-state index in [0.717, 1.165) is 17.5 Å². The zero-order chi connectivity index (χ0) is 13.0. The molecule has 1 unspecified atom stereocenters. The van der Waals surface area contributed by atoms with Crippen LogP contribution in [0.1, 0.15) is 31.4 Å². The molecule has 0 aliphatic carbocycles. The molecule has 94 valence electrons. The Hall–Kier alpha value is -1.60. The number of rotatable bonds is 4. The van der Waals surface area contributed by atoms with Crippen molar-refractivity contribution in [1.82, 2.24) is 0 Å². The lowest BCUT2D eigenvalue weighted by atomic mass is 9.76. The van der Waals surface area contributed by atoms with E-state index in [4.69, 9.17) is 0 Å². The van der Waals surface area contributed by atoms with Gasteiger partial charge in [-0.3, -0.25) is 0 Å². The molecule has 0 amide bonds. The third-order valence-electron chi connectivity index (χ3n) is 3.75. The third-order valence-corrected chi connectivity index (χ3v) is 3.75. The lowest BCUT2D eigenvalue weighted by Crippen LogP contribution is -2.34. The van der Waals surface area contributed by atoms with E-state index in [1.165, 1.54) is 0 Å². The van der Waals surface area contributed by atoms with Crippen molar-refractivity contribution in [2.45, 2.75) is 25.9 Å². The third kappa shape index (κ3) is 2.19. The van der Waals surface area contributed by atoms with Crippen molar-refractivity contribution < 1.29 is 5.11 Å². The molecule has 0 heterocycles. The average molecular weight is 240 g/mol. The van der Waals surface area contributed by atoms with E-state index in [9.17, 15) is 5.11 Å². The molecule has 1 N–H and O–H groups in total. The molecule has 1 heteroatoms. The van der Waals surface area contributed by atoms with Crippen molar-refractivity contribution in [3.63, 3.8) is 0 Å². The second-order valence-corrected chi connectivity index (χ2v) is 4.81. The molecule has 2 rings (SSSR count). The van der Waals surface area contributed by atoms with Crippen molar-refractivity contribution in [3.05, 3.63) is 71.8 Å². The molecular formula is C17H20O. The summed E-state index contributed by atoms with van der Waals surface area (Å²) in [7, 11) is 0. The highest BCUT2D eigenvalue weighted by atomic mass is 16.3. The van der Waals surface area contributed by atoms with Crippen LogP contribution in [0.15, 0.2) is 60.7 Å². The molecule has 18 heavy (non-hydrogen) atoms. The van der Waals surface area contributed by atoms with Gasteiger partial charge in [0, 0.05) is 0 Å². The molecule has 2 aromatic carbocycles. The fourth-order valence-corrected chi connectivity index (χ4v) is 2.42. The van der Waals surface area contributed by atoms with E-state index in [1.54, 1.807) is 0 Å². The molecule has 1 atom stereocenters. The van der Waals surface area contributed by atoms with E-state index in [1.807, 2.05) is 60.7 Å². The summed E-state index contributed by atoms with van der Waals surface area (Å²) in [5.74, 6) is 0.169. The molecule has 0 spiro atoms. The summed E-state index contributed by atoms with van der Waals surface area (Å²) in [5.41, 5.74) is 1.02. The van der Waals surface area contributed by atoms with Crippen LogP contribution < -0.4 is 0 Å². The van der Waals surface area contributed by atoms with Crippen LogP contribution in [0.2, 0.25) is 0 Å². The zero-order valence-corrected chi connectivity index (χ0v) is 11.0. The maximum Gasteiger partial charge on any atom is 0.117 e. The number of hydrogen-bond donors (Lipinski definition) is 1. The Bertz CT molecular complexity index is 436. The quantitative estimate of drug-likeness (QED) is 0.857. The van der Waals surface area contributed by atoms with Crippen LogP contribution in [0.25, 0.3) is 0 Å². The molecule has 0 saturated carbocycles. The Labute approximate surface area is 109 Å². The topological polar surface area (TPSA) is 20.2 Å². The Morgan fingerprint density at radius 1 is 0.889 bits per heavy atom. The Kier molecular flexibility index (Phi) is 3.83. The molecule has 0 fully saturated rings. The minimum Gasteiger partial charge on any atom is -0.380 e. The molecule has 0 radical (unpaired) electrons. The van der Waals surface area contributed by atoms with E-state index >= 15 is 0 Å². The van der Waals surface area contributed by atoms with E-state index < -0.39 is 5.60 Å². The van der Waals surface area contributed by atoms with Crippen molar-refractivity contribution >= 4 is 0 Å². The van der Waals surface area contributed by atoms with E-state index in [0.29, 0.717) is 0 Å². The van der Waals surface area contributed by atoms with Gasteiger partial charge >= 0.3 is 0 Å². The summed E-state index contributed by atoms with van der Waals surface area (Å²) in [6, 6.07) is 19.9. The highest BCUT2D eigenvalue weighted by Crippen LogP contribution is 2.37. The first-order valence-electron chi connectivity index (χ1n) is 6.53. The SMILES string of the molecule is CCC(C)C(O)(c1ccccc1)c1ccccc1. The van der Waals surface area contributed by atoms with Gasteiger partial charge in [0.15, 0.2) is 0 Å². The fraction of sp³-hybridized carbons (Fsp3) is 0.294. The van der Waals surface area contributed by atoms with Gasteiger partial charge < -0.3 is 5.11 Å². The first-order valence-corrected chi connectivity index (χ1v) is 6.53. The Balaban J connectivity index is 2.55. The standard InChI is InChI=1S/C17H20O/c1-3-14(2)17(18,15-10-6-4-7-11-15)16-12-8-5-9-13-16/h4-14,18H,3H2,1-2H3. The van der Waals surface area contributed by atoms with Crippen LogP contribution in [0.3, 0.4) is 0 Å². The average Bonchev–Trinajstić information content (AvgIpc) is 2.47. The van der Waals surface area contributed by atoms with Crippen LogP contribution >= 0.6 is 0 Å². The molecule has 0 aliphatic rings. The highest BCUT2D eigenvalue weighted by Gasteiger charge is 2.36. The largest absolute Gasteiger partial charge is 0.380 e. The van der Waals surface area contributed by atoms with Crippen LogP contribution in [-0.4, -0.2) is 5.11 Å². The van der Waals surface area contributed by atoms with Crippen molar-refractivity contribution in [3.8, 4) is 0 Å². The first kappa shape index (κ1) is 12.8. The minimum absolute atomic E-state index is 0.169. The van der Waals surface area contributed by atoms with Crippen LogP contribution in [-0.2, 0) is 5.60 Å². The maximum atomic E-state index is 11.2. The summed E-state index contributed by atoms with van der Waals surface area (Å²) in [5, 5.41) is 11.2. The van der Waals surface area contributed by atoms with Gasteiger partial charge in [0.25, 0.3) is 0 Å². The molecular weight excluding hydrogens is 220 g/mol. The lowest BCUT2D eigenvalue weighted by Gasteiger charge is -2.35. The van der Waals surface area contributed by atoms with Crippen molar-refractivity contribution in [1.29, 1.82) is 0 Å². The van der Waals surface area contributed by atoms with Gasteiger partial charge in [0.2, 0.25) is 0 Å². The summed E-state index contributed by atoms with van der Waals surface area (Å²) in [6.45, 7) is 4.21. The van der Waals surface area contributed by atoms with Gasteiger partial charge in [-0.25, -0.2) is 0 Å². The highest BCUT2D eigenvalue weighted by molar-refractivity contribution is 5.36. The predicted molar refractivity (Wildman–Crippen MR) is 75.3 cm³/mol. The van der Waals surface area contributed by atoms with Gasteiger partial charge in [-0.05, 0) is 17.0 Å². The number of aliphatic hydroxyl groups is 1. The Morgan fingerprint density at radius 3 is 1.61 bits per heavy atom. The number of hydrogen-bond acceptors (Lipinski definition) is 1. The van der Waals surface area contributed by atoms with Crippen LogP contribution in [0, 0.1) is 5.92 Å². The van der Waals surface area contributed by atoms with E-state index in [-0.39, 0.29) is 5.92 Å². The number of benzene rings is 2.